The van der Waals surface area contributed by atoms with Crippen LogP contribution >= 0.6 is 0 Å². The number of carbonyl (C=O) groups excluding carboxylic acids is 1. The molecule has 39 heavy (non-hydrogen) atoms. The molecule has 3 aromatic rings. The molecular weight excluding hydrogens is 522 g/mol. The molecule has 6 heterocycles. The number of carbonyl (C=O) groups is 1. The average Bonchev–Trinajstić information content (AvgIpc) is 2.94. The molecule has 3 aromatic heterocycles. The molecule has 0 aromatic carbocycles. The first kappa shape index (κ1) is 25.9. The molecule has 0 unspecified atom stereocenters. The van der Waals surface area contributed by atoms with Gasteiger partial charge in [0.1, 0.15) is 0 Å². The van der Waals surface area contributed by atoms with E-state index in [0.717, 1.165) is 31.4 Å². The van der Waals surface area contributed by atoms with Crippen molar-refractivity contribution in [1.82, 2.24) is 20.3 Å². The second kappa shape index (κ2) is 9.68. The Kier molecular flexibility index (Phi) is 6.43. The van der Waals surface area contributed by atoms with Gasteiger partial charge in [-0.25, -0.2) is 18.4 Å². The molecule has 12 heteroatoms. The van der Waals surface area contributed by atoms with Gasteiger partial charge in [0, 0.05) is 36.2 Å². The minimum absolute atomic E-state index is 0.00609. The fraction of sp³-hybridized carbons (Fsp3) is 0.481. The van der Waals surface area contributed by atoms with Crippen LogP contribution in [0.15, 0.2) is 35.4 Å². The predicted octanol–water partition coefficient (Wildman–Crippen LogP) is 2.57. The average molecular weight is 554 g/mol. The van der Waals surface area contributed by atoms with E-state index in [2.05, 4.69) is 25.6 Å². The number of aryl methyl sites for hydroxylation is 1. The van der Waals surface area contributed by atoms with E-state index in [1.807, 2.05) is 12.1 Å². The number of aromatic nitrogens is 3. The van der Waals surface area contributed by atoms with Gasteiger partial charge < -0.3 is 24.8 Å². The summed E-state index contributed by atoms with van der Waals surface area (Å²) in [5.74, 6) is 1.24. The number of nitrogens with zero attached hydrogens (tertiary/aromatic N) is 3. The van der Waals surface area contributed by atoms with Crippen LogP contribution in [0.2, 0.25) is 0 Å². The Morgan fingerprint density at radius 2 is 1.95 bits per heavy atom. The number of nitrogens with one attached hydrogen (secondary N) is 2. The molecule has 2 saturated heterocycles. The van der Waals surface area contributed by atoms with Gasteiger partial charge in [0.25, 0.3) is 5.91 Å². The molecule has 2 N–H and O–H groups in total. The first-order valence-electron chi connectivity index (χ1n) is 13.0. The van der Waals surface area contributed by atoms with Crippen LogP contribution in [0.3, 0.4) is 0 Å². The monoisotopic (exact) mass is 553 g/mol. The van der Waals surface area contributed by atoms with Gasteiger partial charge in [0.05, 0.1) is 40.9 Å². The lowest BCUT2D eigenvalue weighted by atomic mass is 9.69. The van der Waals surface area contributed by atoms with Crippen LogP contribution in [0, 0.1) is 0 Å². The lowest BCUT2D eigenvalue weighted by Gasteiger charge is -2.53. The smallest absolute Gasteiger partial charge is 0.263 e. The minimum Gasteiger partial charge on any atom is -0.481 e. The Morgan fingerprint density at radius 1 is 1.13 bits per heavy atom. The minimum atomic E-state index is -3.50. The predicted molar refractivity (Wildman–Crippen MR) is 143 cm³/mol. The lowest BCUT2D eigenvalue weighted by Crippen LogP contribution is -2.61. The molecule has 7 rings (SSSR count). The highest BCUT2D eigenvalue weighted by Gasteiger charge is 2.49. The van der Waals surface area contributed by atoms with Crippen molar-refractivity contribution >= 4 is 32.6 Å². The van der Waals surface area contributed by atoms with Gasteiger partial charge in [0.2, 0.25) is 5.88 Å². The van der Waals surface area contributed by atoms with E-state index >= 15 is 0 Å². The second-order valence-electron chi connectivity index (χ2n) is 10.7. The van der Waals surface area contributed by atoms with E-state index in [0.29, 0.717) is 60.0 Å². The number of fused-ring (bicyclic) bond motifs is 5. The number of methoxy groups -OCH3 is 1. The SMILES string of the molecule is COc1ccc2ncc(S(C)(=O)=O)c(CCC34CCC(NCc5ccc6c(n5)NC(=O)CO6)(CC3)CO4)c2n1. The number of rotatable bonds is 8. The van der Waals surface area contributed by atoms with Crippen LogP contribution in [0.5, 0.6) is 11.6 Å². The van der Waals surface area contributed by atoms with Gasteiger partial charge in [-0.3, -0.25) is 9.78 Å². The van der Waals surface area contributed by atoms with Gasteiger partial charge >= 0.3 is 0 Å². The van der Waals surface area contributed by atoms with Crippen LogP contribution in [-0.4, -0.2) is 67.0 Å². The molecule has 2 bridgehead atoms. The maximum Gasteiger partial charge on any atom is 0.263 e. The normalized spacial score (nSPS) is 24.2. The summed E-state index contributed by atoms with van der Waals surface area (Å²) in [7, 11) is -1.96. The molecule has 4 aliphatic rings. The highest BCUT2D eigenvalue weighted by molar-refractivity contribution is 7.90. The molecule has 1 saturated carbocycles. The summed E-state index contributed by atoms with van der Waals surface area (Å²) in [5.41, 5.74) is 2.21. The summed E-state index contributed by atoms with van der Waals surface area (Å²) in [4.78, 5) is 25.3. The molecule has 1 amide bonds. The van der Waals surface area contributed by atoms with E-state index in [9.17, 15) is 13.2 Å². The third-order valence-electron chi connectivity index (χ3n) is 8.14. The zero-order valence-corrected chi connectivity index (χ0v) is 22.8. The van der Waals surface area contributed by atoms with Gasteiger partial charge in [-0.2, -0.15) is 0 Å². The number of anilines is 1. The highest BCUT2D eigenvalue weighted by Crippen LogP contribution is 2.46. The lowest BCUT2D eigenvalue weighted by molar-refractivity contribution is -0.165. The topological polar surface area (TPSA) is 142 Å². The van der Waals surface area contributed by atoms with Crippen molar-refractivity contribution in [2.45, 2.75) is 61.1 Å². The van der Waals surface area contributed by atoms with Gasteiger partial charge in [0.15, 0.2) is 28.0 Å². The van der Waals surface area contributed by atoms with Crippen molar-refractivity contribution in [1.29, 1.82) is 0 Å². The third-order valence-corrected chi connectivity index (χ3v) is 9.29. The Labute approximate surface area is 226 Å². The van der Waals surface area contributed by atoms with Gasteiger partial charge in [-0.15, -0.1) is 0 Å². The number of hydrogen-bond acceptors (Lipinski definition) is 10. The largest absolute Gasteiger partial charge is 0.481 e. The number of amides is 1. The molecule has 11 nitrogen and oxygen atoms in total. The standard InChI is InChI=1S/C27H31N5O6S/c1-36-23-6-4-19-24(32-23)18(21(14-28-19)39(2,34)35)7-8-27-11-9-26(10-12-27,16-38-27)29-13-17-3-5-20-25(30-17)31-22(33)15-37-20/h3-6,14,29H,7-13,15-16H2,1-2H3,(H,30,31,33). The number of sulfone groups is 1. The molecule has 0 radical (unpaired) electrons. The van der Waals surface area contributed by atoms with E-state index < -0.39 is 9.84 Å². The van der Waals surface area contributed by atoms with E-state index in [-0.39, 0.29) is 28.5 Å². The molecule has 0 atom stereocenters. The van der Waals surface area contributed by atoms with Crippen molar-refractivity contribution in [3.05, 3.63) is 41.7 Å². The van der Waals surface area contributed by atoms with E-state index in [1.54, 1.807) is 12.1 Å². The highest BCUT2D eigenvalue weighted by atomic mass is 32.2. The molecule has 0 spiro atoms. The summed E-state index contributed by atoms with van der Waals surface area (Å²) in [6, 6.07) is 7.25. The summed E-state index contributed by atoms with van der Waals surface area (Å²) < 4.78 is 42.4. The zero-order valence-electron chi connectivity index (χ0n) is 22.0. The van der Waals surface area contributed by atoms with Crippen LogP contribution in [0.1, 0.15) is 43.4 Å². The summed E-state index contributed by atoms with van der Waals surface area (Å²) in [6.07, 6.45) is 7.46. The number of hydrogen-bond donors (Lipinski definition) is 2. The van der Waals surface area contributed by atoms with Crippen molar-refractivity contribution < 1.29 is 27.4 Å². The Bertz CT molecular complexity index is 1540. The van der Waals surface area contributed by atoms with E-state index in [1.165, 1.54) is 19.6 Å². The number of pyridine rings is 3. The van der Waals surface area contributed by atoms with Crippen molar-refractivity contribution in [3.8, 4) is 11.6 Å². The van der Waals surface area contributed by atoms with Crippen molar-refractivity contribution in [3.63, 3.8) is 0 Å². The fourth-order valence-corrected chi connectivity index (χ4v) is 6.70. The fourth-order valence-electron chi connectivity index (χ4n) is 5.81. The van der Waals surface area contributed by atoms with E-state index in [4.69, 9.17) is 14.2 Å². The Hall–Kier alpha value is -3.35. The first-order valence-corrected chi connectivity index (χ1v) is 14.9. The zero-order chi connectivity index (χ0) is 27.3. The maximum atomic E-state index is 12.6. The molecule has 206 valence electrons. The first-order chi connectivity index (χ1) is 18.7. The van der Waals surface area contributed by atoms with Crippen LogP contribution in [-0.2, 0) is 32.3 Å². The van der Waals surface area contributed by atoms with Crippen molar-refractivity contribution in [2.24, 2.45) is 0 Å². The molecule has 1 aliphatic carbocycles. The van der Waals surface area contributed by atoms with Crippen LogP contribution in [0.25, 0.3) is 11.0 Å². The molecular formula is C27H31N5O6S. The quantitative estimate of drug-likeness (QED) is 0.427. The van der Waals surface area contributed by atoms with Gasteiger partial charge in [-0.1, -0.05) is 0 Å². The summed E-state index contributed by atoms with van der Waals surface area (Å²) in [5, 5.41) is 6.41. The summed E-state index contributed by atoms with van der Waals surface area (Å²) in [6.45, 7) is 1.12. The molecule has 3 fully saturated rings. The Morgan fingerprint density at radius 3 is 2.67 bits per heavy atom. The van der Waals surface area contributed by atoms with Gasteiger partial charge in [-0.05, 0) is 56.7 Å². The Balaban J connectivity index is 1.15. The van der Waals surface area contributed by atoms with Crippen molar-refractivity contribution in [2.75, 3.05) is 31.9 Å². The number of ether oxygens (including phenoxy) is 3. The third kappa shape index (κ3) is 5.04. The maximum absolute atomic E-state index is 12.6. The summed E-state index contributed by atoms with van der Waals surface area (Å²) >= 11 is 0. The second-order valence-corrected chi connectivity index (χ2v) is 12.7. The van der Waals surface area contributed by atoms with Crippen LogP contribution in [0.4, 0.5) is 5.82 Å². The van der Waals surface area contributed by atoms with Crippen LogP contribution < -0.4 is 20.1 Å². The molecule has 3 aliphatic heterocycles.